The monoisotopic (exact) mass is 400 g/mol. The minimum atomic E-state index is -0.361. The first-order valence-electron chi connectivity index (χ1n) is 6.08. The predicted octanol–water partition coefficient (Wildman–Crippen LogP) is 3.92. The summed E-state index contributed by atoms with van der Waals surface area (Å²) in [5.74, 6) is 0.636. The first-order chi connectivity index (χ1) is 9.58. The molecule has 20 heavy (non-hydrogen) atoms. The van der Waals surface area contributed by atoms with E-state index in [2.05, 4.69) is 42.5 Å². The number of furan rings is 1. The first kappa shape index (κ1) is 15.1. The highest BCUT2D eigenvalue weighted by molar-refractivity contribution is 9.11. The minimum absolute atomic E-state index is 0.0935. The van der Waals surface area contributed by atoms with Crippen LogP contribution in [0, 0.1) is 0 Å². The Morgan fingerprint density at radius 3 is 2.55 bits per heavy atom. The lowest BCUT2D eigenvalue weighted by Crippen LogP contribution is -2.37. The van der Waals surface area contributed by atoms with E-state index in [9.17, 15) is 4.79 Å². The van der Waals surface area contributed by atoms with Crippen LogP contribution in [0.3, 0.4) is 0 Å². The number of nitrogens with one attached hydrogen (secondary N) is 2. The number of rotatable bonds is 5. The Morgan fingerprint density at radius 2 is 1.95 bits per heavy atom. The van der Waals surface area contributed by atoms with E-state index in [1.165, 1.54) is 0 Å². The number of hydrogen-bond donors (Lipinski definition) is 2. The smallest absolute Gasteiger partial charge is 0.242 e. The van der Waals surface area contributed by atoms with E-state index in [-0.39, 0.29) is 11.9 Å². The van der Waals surface area contributed by atoms with Gasteiger partial charge in [-0.05, 0) is 63.0 Å². The molecule has 1 amide bonds. The van der Waals surface area contributed by atoms with Crippen LogP contribution < -0.4 is 10.6 Å². The summed E-state index contributed by atoms with van der Waals surface area (Å²) in [6.45, 7) is 2.19. The number of benzene rings is 1. The minimum Gasteiger partial charge on any atom is -0.467 e. The van der Waals surface area contributed by atoms with Crippen molar-refractivity contribution in [1.29, 1.82) is 0 Å². The maximum Gasteiger partial charge on any atom is 0.242 e. The standard InChI is InChI=1S/C14H14Br2N2O2/c1-9(14(19)17-8-10-4-3-7-20-10)18-13-11(15)5-2-6-12(13)16/h2-7,9,18H,8H2,1H3,(H,17,19). The van der Waals surface area contributed by atoms with E-state index in [0.717, 1.165) is 20.4 Å². The molecule has 2 N–H and O–H groups in total. The van der Waals surface area contributed by atoms with E-state index >= 15 is 0 Å². The van der Waals surface area contributed by atoms with Gasteiger partial charge in [0.05, 0.1) is 18.5 Å². The lowest BCUT2D eigenvalue weighted by Gasteiger charge is -2.17. The van der Waals surface area contributed by atoms with Crippen molar-refractivity contribution in [2.24, 2.45) is 0 Å². The molecule has 4 nitrogen and oxygen atoms in total. The molecule has 0 radical (unpaired) electrons. The molecule has 0 spiro atoms. The summed E-state index contributed by atoms with van der Waals surface area (Å²) in [5.41, 5.74) is 0.855. The van der Waals surface area contributed by atoms with Gasteiger partial charge in [-0.3, -0.25) is 4.79 Å². The molecule has 0 aliphatic heterocycles. The molecular weight excluding hydrogens is 388 g/mol. The van der Waals surface area contributed by atoms with Gasteiger partial charge in [0.1, 0.15) is 11.8 Å². The van der Waals surface area contributed by atoms with Crippen LogP contribution in [0.4, 0.5) is 5.69 Å². The van der Waals surface area contributed by atoms with Gasteiger partial charge < -0.3 is 15.1 Å². The van der Waals surface area contributed by atoms with E-state index in [4.69, 9.17) is 4.42 Å². The molecule has 0 aliphatic carbocycles. The van der Waals surface area contributed by atoms with Gasteiger partial charge in [-0.25, -0.2) is 0 Å². The summed E-state index contributed by atoms with van der Waals surface area (Å²) < 4.78 is 6.97. The summed E-state index contributed by atoms with van der Waals surface area (Å²) in [6.07, 6.45) is 1.58. The third kappa shape index (κ3) is 3.86. The molecule has 1 atom stereocenters. The highest BCUT2D eigenvalue weighted by Crippen LogP contribution is 2.30. The maximum atomic E-state index is 12.0. The normalized spacial score (nSPS) is 11.9. The van der Waals surface area contributed by atoms with Crippen LogP contribution in [0.1, 0.15) is 12.7 Å². The van der Waals surface area contributed by atoms with E-state index in [1.807, 2.05) is 31.2 Å². The molecule has 2 rings (SSSR count). The second kappa shape index (κ2) is 6.95. The van der Waals surface area contributed by atoms with Crippen molar-refractivity contribution in [2.45, 2.75) is 19.5 Å². The number of carbonyl (C=O) groups excluding carboxylic acids is 1. The molecule has 0 fully saturated rings. The first-order valence-corrected chi connectivity index (χ1v) is 7.67. The fraction of sp³-hybridized carbons (Fsp3) is 0.214. The zero-order valence-corrected chi connectivity index (χ0v) is 14.0. The zero-order chi connectivity index (χ0) is 14.5. The topological polar surface area (TPSA) is 54.3 Å². The van der Waals surface area contributed by atoms with Gasteiger partial charge in [0.15, 0.2) is 0 Å². The Morgan fingerprint density at radius 1 is 1.25 bits per heavy atom. The van der Waals surface area contributed by atoms with Crippen LogP contribution in [0.15, 0.2) is 50.0 Å². The van der Waals surface area contributed by atoms with Gasteiger partial charge in [-0.2, -0.15) is 0 Å². The Bertz CT molecular complexity index is 565. The summed E-state index contributed by atoms with van der Waals surface area (Å²) in [7, 11) is 0. The average Bonchev–Trinajstić information content (AvgIpc) is 2.93. The van der Waals surface area contributed by atoms with Crippen LogP contribution >= 0.6 is 31.9 Å². The van der Waals surface area contributed by atoms with E-state index < -0.39 is 0 Å². The SMILES string of the molecule is CC(Nc1c(Br)cccc1Br)C(=O)NCc1ccco1. The van der Waals surface area contributed by atoms with Gasteiger partial charge in [-0.1, -0.05) is 6.07 Å². The summed E-state index contributed by atoms with van der Waals surface area (Å²) in [5, 5.41) is 5.99. The van der Waals surface area contributed by atoms with Crippen LogP contribution in [0.2, 0.25) is 0 Å². The Balaban J connectivity index is 1.94. The van der Waals surface area contributed by atoms with Gasteiger partial charge in [-0.15, -0.1) is 0 Å². The van der Waals surface area contributed by atoms with Crippen LogP contribution in [-0.4, -0.2) is 11.9 Å². The molecule has 1 aromatic carbocycles. The number of amides is 1. The van der Waals surface area contributed by atoms with Crippen molar-refractivity contribution in [3.05, 3.63) is 51.3 Å². The number of anilines is 1. The van der Waals surface area contributed by atoms with Gasteiger partial charge in [0.2, 0.25) is 5.91 Å². The third-order valence-electron chi connectivity index (χ3n) is 2.73. The van der Waals surface area contributed by atoms with Crippen molar-refractivity contribution < 1.29 is 9.21 Å². The molecule has 2 aromatic rings. The molecular formula is C14H14Br2N2O2. The van der Waals surface area contributed by atoms with Crippen molar-refractivity contribution in [3.8, 4) is 0 Å². The third-order valence-corrected chi connectivity index (χ3v) is 4.06. The van der Waals surface area contributed by atoms with E-state index in [0.29, 0.717) is 6.54 Å². The molecule has 0 saturated carbocycles. The lowest BCUT2D eigenvalue weighted by molar-refractivity contribution is -0.121. The molecule has 0 bridgehead atoms. The second-order valence-corrected chi connectivity index (χ2v) is 5.97. The molecule has 0 saturated heterocycles. The van der Waals surface area contributed by atoms with E-state index in [1.54, 1.807) is 12.3 Å². The molecule has 1 unspecified atom stereocenters. The fourth-order valence-electron chi connectivity index (χ4n) is 1.66. The highest BCUT2D eigenvalue weighted by Gasteiger charge is 2.15. The van der Waals surface area contributed by atoms with Crippen LogP contribution in [0.5, 0.6) is 0 Å². The maximum absolute atomic E-state index is 12.0. The number of para-hydroxylation sites is 1. The van der Waals surface area contributed by atoms with Crippen molar-refractivity contribution in [3.63, 3.8) is 0 Å². The van der Waals surface area contributed by atoms with Crippen molar-refractivity contribution in [2.75, 3.05) is 5.32 Å². The summed E-state index contributed by atoms with van der Waals surface area (Å²) in [4.78, 5) is 12.0. The fourth-order valence-corrected chi connectivity index (χ4v) is 2.89. The Labute approximate surface area is 134 Å². The Hall–Kier alpha value is -1.27. The van der Waals surface area contributed by atoms with Crippen LogP contribution in [-0.2, 0) is 11.3 Å². The van der Waals surface area contributed by atoms with Crippen molar-refractivity contribution in [1.82, 2.24) is 5.32 Å². The largest absolute Gasteiger partial charge is 0.467 e. The zero-order valence-electron chi connectivity index (χ0n) is 10.8. The number of carbonyl (C=O) groups is 1. The second-order valence-electron chi connectivity index (χ2n) is 4.26. The molecule has 106 valence electrons. The summed E-state index contributed by atoms with van der Waals surface area (Å²) >= 11 is 6.91. The highest BCUT2D eigenvalue weighted by atomic mass is 79.9. The summed E-state index contributed by atoms with van der Waals surface area (Å²) in [6, 6.07) is 9.01. The predicted molar refractivity (Wildman–Crippen MR) is 85.5 cm³/mol. The average molecular weight is 402 g/mol. The van der Waals surface area contributed by atoms with Gasteiger partial charge >= 0.3 is 0 Å². The number of halogens is 2. The molecule has 0 aliphatic rings. The van der Waals surface area contributed by atoms with Crippen LogP contribution in [0.25, 0.3) is 0 Å². The molecule has 1 heterocycles. The molecule has 1 aromatic heterocycles. The molecule has 6 heteroatoms. The quantitative estimate of drug-likeness (QED) is 0.798. The Kier molecular flexibility index (Phi) is 5.25. The van der Waals surface area contributed by atoms with Gasteiger partial charge in [0.25, 0.3) is 0 Å². The lowest BCUT2D eigenvalue weighted by atomic mass is 10.2. The van der Waals surface area contributed by atoms with Crippen molar-refractivity contribution >= 4 is 43.5 Å². The van der Waals surface area contributed by atoms with Gasteiger partial charge in [0, 0.05) is 8.95 Å². The number of hydrogen-bond acceptors (Lipinski definition) is 3.